The van der Waals surface area contributed by atoms with E-state index < -0.39 is 0 Å². The maximum absolute atomic E-state index is 6.04. The molecule has 0 spiro atoms. The van der Waals surface area contributed by atoms with Crippen molar-refractivity contribution in [3.05, 3.63) is 65.9 Å². The first kappa shape index (κ1) is 11.8. The number of hydrogen-bond donors (Lipinski definition) is 0. The van der Waals surface area contributed by atoms with Crippen LogP contribution in [0.25, 0.3) is 10.9 Å². The van der Waals surface area contributed by atoms with E-state index in [2.05, 4.69) is 55.1 Å². The molecule has 3 rings (SSSR count). The number of aryl methyl sites for hydroxylation is 2. The largest absolute Gasteiger partial charge is 0.488 e. The maximum atomic E-state index is 6.04. The van der Waals surface area contributed by atoms with Crippen LogP contribution in [0, 0.1) is 6.92 Å². The van der Waals surface area contributed by atoms with Crippen LogP contribution in [0.15, 0.2) is 54.7 Å². The van der Waals surface area contributed by atoms with Gasteiger partial charge in [0.1, 0.15) is 12.4 Å². The van der Waals surface area contributed by atoms with Crippen molar-refractivity contribution in [1.29, 1.82) is 0 Å². The van der Waals surface area contributed by atoms with Gasteiger partial charge in [0.25, 0.3) is 0 Å². The first-order valence-electron chi connectivity index (χ1n) is 6.47. The zero-order valence-corrected chi connectivity index (χ0v) is 11.3. The number of ether oxygens (including phenoxy) is 1. The molecule has 0 radical (unpaired) electrons. The average molecular weight is 251 g/mol. The lowest BCUT2D eigenvalue weighted by Gasteiger charge is -2.11. The van der Waals surface area contributed by atoms with Crippen LogP contribution >= 0.6 is 0 Å². The second-order valence-corrected chi connectivity index (χ2v) is 4.85. The van der Waals surface area contributed by atoms with Crippen LogP contribution in [0.2, 0.25) is 0 Å². The Morgan fingerprint density at radius 2 is 1.79 bits per heavy atom. The van der Waals surface area contributed by atoms with E-state index in [-0.39, 0.29) is 0 Å². The maximum Gasteiger partial charge on any atom is 0.132 e. The highest BCUT2D eigenvalue weighted by molar-refractivity contribution is 5.87. The van der Waals surface area contributed by atoms with E-state index in [0.29, 0.717) is 6.61 Å². The van der Waals surface area contributed by atoms with Gasteiger partial charge in [0.2, 0.25) is 0 Å². The van der Waals surface area contributed by atoms with Crippen LogP contribution in [0.5, 0.6) is 5.75 Å². The van der Waals surface area contributed by atoms with Gasteiger partial charge in [-0.05, 0) is 30.2 Å². The summed E-state index contributed by atoms with van der Waals surface area (Å²) in [5.74, 6) is 0.988. The number of rotatable bonds is 3. The molecule has 0 saturated carbocycles. The van der Waals surface area contributed by atoms with Gasteiger partial charge in [0.05, 0.1) is 5.52 Å². The topological polar surface area (TPSA) is 14.2 Å². The van der Waals surface area contributed by atoms with Crippen LogP contribution in [0.4, 0.5) is 0 Å². The van der Waals surface area contributed by atoms with Gasteiger partial charge in [-0.3, -0.25) is 0 Å². The van der Waals surface area contributed by atoms with E-state index in [9.17, 15) is 0 Å². The smallest absolute Gasteiger partial charge is 0.132 e. The first-order valence-corrected chi connectivity index (χ1v) is 6.47. The molecule has 0 bridgehead atoms. The normalized spacial score (nSPS) is 10.8. The Kier molecular flexibility index (Phi) is 3.00. The van der Waals surface area contributed by atoms with Crippen molar-refractivity contribution < 1.29 is 4.74 Å². The van der Waals surface area contributed by atoms with Gasteiger partial charge < -0.3 is 9.30 Å². The van der Waals surface area contributed by atoms with Gasteiger partial charge in [-0.15, -0.1) is 0 Å². The third kappa shape index (κ3) is 2.22. The van der Waals surface area contributed by atoms with Crippen molar-refractivity contribution in [3.8, 4) is 5.75 Å². The number of hydrogen-bond acceptors (Lipinski definition) is 1. The summed E-state index contributed by atoms with van der Waals surface area (Å²) in [5, 5.41) is 1.18. The Hall–Kier alpha value is -2.22. The predicted octanol–water partition coefficient (Wildman–Crippen LogP) is 4.07. The highest BCUT2D eigenvalue weighted by atomic mass is 16.5. The Bertz CT molecular complexity index is 698. The van der Waals surface area contributed by atoms with Gasteiger partial charge in [0.15, 0.2) is 0 Å². The standard InChI is InChI=1S/C17H17NO/c1-13-8-9-16-15(10-11-18(16)2)17(13)19-12-14-6-4-3-5-7-14/h3-11H,12H2,1-2H3. The molecule has 0 aliphatic rings. The summed E-state index contributed by atoms with van der Waals surface area (Å²) in [7, 11) is 2.05. The highest BCUT2D eigenvalue weighted by Crippen LogP contribution is 2.30. The van der Waals surface area contributed by atoms with Crippen molar-refractivity contribution in [2.75, 3.05) is 0 Å². The minimum absolute atomic E-state index is 0.607. The molecular weight excluding hydrogens is 234 g/mol. The Morgan fingerprint density at radius 3 is 2.58 bits per heavy atom. The molecule has 0 amide bonds. The third-order valence-corrected chi connectivity index (χ3v) is 3.44. The molecule has 2 nitrogen and oxygen atoms in total. The van der Waals surface area contributed by atoms with Gasteiger partial charge in [-0.1, -0.05) is 36.4 Å². The van der Waals surface area contributed by atoms with Crippen molar-refractivity contribution in [1.82, 2.24) is 4.57 Å². The Balaban J connectivity index is 1.94. The van der Waals surface area contributed by atoms with Gasteiger partial charge in [-0.25, -0.2) is 0 Å². The molecule has 19 heavy (non-hydrogen) atoms. The zero-order chi connectivity index (χ0) is 13.2. The summed E-state index contributed by atoms with van der Waals surface area (Å²) in [6.45, 7) is 2.70. The quantitative estimate of drug-likeness (QED) is 0.684. The van der Waals surface area contributed by atoms with E-state index in [1.807, 2.05) is 18.2 Å². The van der Waals surface area contributed by atoms with Gasteiger partial charge in [0, 0.05) is 18.6 Å². The zero-order valence-electron chi connectivity index (χ0n) is 11.3. The van der Waals surface area contributed by atoms with Crippen molar-refractivity contribution >= 4 is 10.9 Å². The van der Waals surface area contributed by atoms with E-state index in [4.69, 9.17) is 4.74 Å². The summed E-state index contributed by atoms with van der Waals surface area (Å²) in [6.07, 6.45) is 2.07. The van der Waals surface area contributed by atoms with Crippen molar-refractivity contribution in [3.63, 3.8) is 0 Å². The molecule has 0 atom stereocenters. The van der Waals surface area contributed by atoms with Crippen molar-refractivity contribution in [2.45, 2.75) is 13.5 Å². The van der Waals surface area contributed by atoms with Crippen molar-refractivity contribution in [2.24, 2.45) is 7.05 Å². The fourth-order valence-electron chi connectivity index (χ4n) is 2.35. The lowest BCUT2D eigenvalue weighted by Crippen LogP contribution is -1.97. The number of nitrogens with zero attached hydrogens (tertiary/aromatic N) is 1. The fraction of sp³-hybridized carbons (Fsp3) is 0.176. The third-order valence-electron chi connectivity index (χ3n) is 3.44. The summed E-state index contributed by atoms with van der Waals surface area (Å²) < 4.78 is 8.15. The second-order valence-electron chi connectivity index (χ2n) is 4.85. The number of benzene rings is 2. The highest BCUT2D eigenvalue weighted by Gasteiger charge is 2.08. The molecule has 2 heteroatoms. The minimum Gasteiger partial charge on any atom is -0.488 e. The monoisotopic (exact) mass is 251 g/mol. The number of aromatic nitrogens is 1. The van der Waals surface area contributed by atoms with E-state index in [1.54, 1.807) is 0 Å². The molecule has 3 aromatic rings. The van der Waals surface area contributed by atoms with E-state index >= 15 is 0 Å². The molecule has 0 aliphatic heterocycles. The predicted molar refractivity (Wildman–Crippen MR) is 78.4 cm³/mol. The Morgan fingerprint density at radius 1 is 1.00 bits per heavy atom. The van der Waals surface area contributed by atoms with Gasteiger partial charge >= 0.3 is 0 Å². The minimum atomic E-state index is 0.607. The van der Waals surface area contributed by atoms with Crippen LogP contribution < -0.4 is 4.74 Å². The second kappa shape index (κ2) is 4.81. The summed E-state index contributed by atoms with van der Waals surface area (Å²) in [6, 6.07) is 16.6. The molecule has 1 heterocycles. The average Bonchev–Trinajstić information content (AvgIpc) is 2.81. The van der Waals surface area contributed by atoms with Crippen LogP contribution in [0.1, 0.15) is 11.1 Å². The Labute approximate surface area is 113 Å². The fourth-order valence-corrected chi connectivity index (χ4v) is 2.35. The summed E-state index contributed by atoms with van der Waals surface area (Å²) in [4.78, 5) is 0. The SMILES string of the molecule is Cc1ccc2c(ccn2C)c1OCc1ccccc1. The summed E-state index contributed by atoms with van der Waals surface area (Å²) in [5.41, 5.74) is 3.57. The lowest BCUT2D eigenvalue weighted by molar-refractivity contribution is 0.308. The van der Waals surface area contributed by atoms with E-state index in [1.165, 1.54) is 22.0 Å². The molecule has 96 valence electrons. The van der Waals surface area contributed by atoms with Crippen LogP contribution in [-0.4, -0.2) is 4.57 Å². The van der Waals surface area contributed by atoms with Crippen LogP contribution in [-0.2, 0) is 13.7 Å². The first-order chi connectivity index (χ1) is 9.25. The van der Waals surface area contributed by atoms with Crippen LogP contribution in [0.3, 0.4) is 0 Å². The lowest BCUT2D eigenvalue weighted by atomic mass is 10.1. The number of fused-ring (bicyclic) bond motifs is 1. The molecular formula is C17H17NO. The summed E-state index contributed by atoms with van der Waals surface area (Å²) >= 11 is 0. The molecule has 1 aromatic heterocycles. The van der Waals surface area contributed by atoms with Gasteiger partial charge in [-0.2, -0.15) is 0 Å². The van der Waals surface area contributed by atoms with E-state index in [0.717, 1.165) is 5.75 Å². The molecule has 0 aliphatic carbocycles. The molecule has 0 saturated heterocycles. The molecule has 2 aromatic carbocycles. The molecule has 0 fully saturated rings. The molecule has 0 N–H and O–H groups in total. The molecule has 0 unspecified atom stereocenters.